The number of carbonyl (C=O) groups is 2. The van der Waals surface area contributed by atoms with Gasteiger partial charge in [0.15, 0.2) is 0 Å². The molecule has 0 saturated carbocycles. The molecule has 9 nitrogen and oxygen atoms in total. The number of fused-ring (bicyclic) bond motifs is 1. The molecule has 0 spiro atoms. The maximum atomic E-state index is 12.9. The number of nitro benzene ring substituents is 1. The molecule has 2 fully saturated rings. The van der Waals surface area contributed by atoms with E-state index in [4.69, 9.17) is 9.47 Å². The highest BCUT2D eigenvalue weighted by molar-refractivity contribution is 5.94. The van der Waals surface area contributed by atoms with Crippen molar-refractivity contribution < 1.29 is 24.0 Å². The molecule has 2 aliphatic rings. The van der Waals surface area contributed by atoms with Crippen LogP contribution in [-0.2, 0) is 9.47 Å². The van der Waals surface area contributed by atoms with Gasteiger partial charge in [0.2, 0.25) is 0 Å². The first-order valence-corrected chi connectivity index (χ1v) is 9.23. The van der Waals surface area contributed by atoms with Gasteiger partial charge < -0.3 is 14.8 Å². The van der Waals surface area contributed by atoms with Gasteiger partial charge in [-0.05, 0) is 51.8 Å². The van der Waals surface area contributed by atoms with E-state index in [-0.39, 0.29) is 29.4 Å². The van der Waals surface area contributed by atoms with E-state index in [1.807, 2.05) is 20.8 Å². The number of nitro groups is 1. The summed E-state index contributed by atoms with van der Waals surface area (Å²) in [5.74, 6) is -0.784. The van der Waals surface area contributed by atoms with Crippen molar-refractivity contribution in [2.45, 2.75) is 57.3 Å². The average Bonchev–Trinajstić information content (AvgIpc) is 3.19. The van der Waals surface area contributed by atoms with E-state index in [1.165, 1.54) is 19.2 Å². The summed E-state index contributed by atoms with van der Waals surface area (Å²) in [7, 11) is 1.18. The first-order valence-electron chi connectivity index (χ1n) is 9.23. The molecule has 0 bridgehead atoms. The summed E-state index contributed by atoms with van der Waals surface area (Å²) in [5, 5.41) is 14.7. The van der Waals surface area contributed by atoms with Crippen molar-refractivity contribution in [3.8, 4) is 0 Å². The number of hydrogen-bond acceptors (Lipinski definition) is 7. The molecule has 1 N–H and O–H groups in total. The zero-order valence-corrected chi connectivity index (χ0v) is 16.4. The normalized spacial score (nSPS) is 24.0. The third kappa shape index (κ3) is 3.80. The SMILES string of the molecule is COC(=O)c1cc(C2CC3NCCC3N2C(=O)OC(C)(C)C)ccc1[N+](=O)[O-]. The van der Waals surface area contributed by atoms with Crippen molar-refractivity contribution >= 4 is 17.7 Å². The lowest BCUT2D eigenvalue weighted by Gasteiger charge is -2.32. The van der Waals surface area contributed by atoms with Crippen molar-refractivity contribution in [3.63, 3.8) is 0 Å². The smallest absolute Gasteiger partial charge is 0.411 e. The highest BCUT2D eigenvalue weighted by Gasteiger charge is 2.48. The van der Waals surface area contributed by atoms with E-state index in [0.29, 0.717) is 12.0 Å². The minimum Gasteiger partial charge on any atom is -0.465 e. The van der Waals surface area contributed by atoms with E-state index in [2.05, 4.69) is 5.32 Å². The molecule has 1 amide bonds. The Bertz CT molecular complexity index is 803. The Morgan fingerprint density at radius 3 is 2.64 bits per heavy atom. The largest absolute Gasteiger partial charge is 0.465 e. The van der Waals surface area contributed by atoms with E-state index in [0.717, 1.165) is 13.0 Å². The summed E-state index contributed by atoms with van der Waals surface area (Å²) in [6, 6.07) is 4.09. The third-order valence-electron chi connectivity index (χ3n) is 5.09. The van der Waals surface area contributed by atoms with Gasteiger partial charge in [0.25, 0.3) is 5.69 Å². The zero-order chi connectivity index (χ0) is 20.6. The van der Waals surface area contributed by atoms with Crippen LogP contribution >= 0.6 is 0 Å². The quantitative estimate of drug-likeness (QED) is 0.479. The molecular weight excluding hydrogens is 366 g/mol. The van der Waals surface area contributed by atoms with Gasteiger partial charge in [-0.25, -0.2) is 9.59 Å². The number of esters is 1. The van der Waals surface area contributed by atoms with Gasteiger partial charge in [-0.2, -0.15) is 0 Å². The maximum Gasteiger partial charge on any atom is 0.411 e. The summed E-state index contributed by atoms with van der Waals surface area (Å²) < 4.78 is 10.3. The molecule has 9 heteroatoms. The molecule has 152 valence electrons. The van der Waals surface area contributed by atoms with Crippen LogP contribution in [0.4, 0.5) is 10.5 Å². The number of hydrogen-bond donors (Lipinski definition) is 1. The van der Waals surface area contributed by atoms with Gasteiger partial charge in [0.1, 0.15) is 11.2 Å². The van der Waals surface area contributed by atoms with Gasteiger partial charge in [0.05, 0.1) is 24.1 Å². The lowest BCUT2D eigenvalue weighted by molar-refractivity contribution is -0.385. The Balaban J connectivity index is 1.99. The molecule has 3 unspecified atom stereocenters. The number of benzene rings is 1. The molecule has 0 aliphatic carbocycles. The monoisotopic (exact) mass is 391 g/mol. The second-order valence-electron chi connectivity index (χ2n) is 8.08. The average molecular weight is 391 g/mol. The standard InChI is InChI=1S/C19H25N3O6/c1-19(2,3)28-18(24)21-15-7-8-20-13(15)10-16(21)11-5-6-14(22(25)26)12(9-11)17(23)27-4/h5-6,9,13,15-16,20H,7-8,10H2,1-4H3. The Morgan fingerprint density at radius 1 is 1.32 bits per heavy atom. The number of rotatable bonds is 3. The fourth-order valence-corrected chi connectivity index (χ4v) is 3.98. The van der Waals surface area contributed by atoms with Crippen molar-refractivity contribution in [2.75, 3.05) is 13.7 Å². The lowest BCUT2D eigenvalue weighted by atomic mass is 9.99. The highest BCUT2D eigenvalue weighted by atomic mass is 16.6. The predicted octanol–water partition coefficient (Wildman–Crippen LogP) is 2.79. The number of carbonyl (C=O) groups excluding carboxylic acids is 2. The number of amides is 1. The first kappa shape index (κ1) is 20.1. The Hall–Kier alpha value is -2.68. The summed E-state index contributed by atoms with van der Waals surface area (Å²) in [6.45, 7) is 6.24. The molecule has 0 aromatic heterocycles. The second kappa shape index (κ2) is 7.38. The van der Waals surface area contributed by atoms with Crippen molar-refractivity contribution in [1.29, 1.82) is 0 Å². The summed E-state index contributed by atoms with van der Waals surface area (Å²) in [4.78, 5) is 37.3. The van der Waals surface area contributed by atoms with Gasteiger partial charge in [-0.1, -0.05) is 6.07 Å². The Morgan fingerprint density at radius 2 is 2.04 bits per heavy atom. The van der Waals surface area contributed by atoms with Crippen LogP contribution < -0.4 is 5.32 Å². The fraction of sp³-hybridized carbons (Fsp3) is 0.579. The molecule has 2 aliphatic heterocycles. The maximum absolute atomic E-state index is 12.9. The lowest BCUT2D eigenvalue weighted by Crippen LogP contribution is -2.42. The molecule has 1 aromatic rings. The van der Waals surface area contributed by atoms with Crippen LogP contribution in [0.25, 0.3) is 0 Å². The molecule has 28 heavy (non-hydrogen) atoms. The minimum absolute atomic E-state index is 0.0170. The highest BCUT2D eigenvalue weighted by Crippen LogP contribution is 2.41. The van der Waals surface area contributed by atoms with Crippen LogP contribution in [-0.4, -0.2) is 53.2 Å². The Labute approximate surface area is 163 Å². The van der Waals surface area contributed by atoms with Crippen molar-refractivity contribution in [3.05, 3.63) is 39.4 Å². The van der Waals surface area contributed by atoms with Crippen LogP contribution in [0.3, 0.4) is 0 Å². The zero-order valence-electron chi connectivity index (χ0n) is 16.4. The van der Waals surface area contributed by atoms with E-state index in [9.17, 15) is 19.7 Å². The summed E-state index contributed by atoms with van der Waals surface area (Å²) in [5.41, 5.74) is -0.443. The van der Waals surface area contributed by atoms with E-state index < -0.39 is 22.6 Å². The molecule has 1 aromatic carbocycles. The van der Waals surface area contributed by atoms with Crippen LogP contribution in [0.5, 0.6) is 0 Å². The van der Waals surface area contributed by atoms with Crippen LogP contribution in [0.1, 0.15) is 55.6 Å². The number of ether oxygens (including phenoxy) is 2. The topological polar surface area (TPSA) is 111 Å². The van der Waals surface area contributed by atoms with Crippen molar-refractivity contribution in [1.82, 2.24) is 10.2 Å². The van der Waals surface area contributed by atoms with E-state index in [1.54, 1.807) is 11.0 Å². The van der Waals surface area contributed by atoms with Gasteiger partial charge in [0, 0.05) is 12.1 Å². The molecular formula is C19H25N3O6. The number of methoxy groups -OCH3 is 1. The predicted molar refractivity (Wildman–Crippen MR) is 100 cm³/mol. The number of likely N-dealkylation sites (tertiary alicyclic amines) is 1. The minimum atomic E-state index is -0.784. The van der Waals surface area contributed by atoms with Crippen molar-refractivity contribution in [2.24, 2.45) is 0 Å². The van der Waals surface area contributed by atoms with Crippen LogP contribution in [0, 0.1) is 10.1 Å². The Kier molecular flexibility index (Phi) is 5.29. The third-order valence-corrected chi connectivity index (χ3v) is 5.09. The number of nitrogens with zero attached hydrogens (tertiary/aromatic N) is 2. The first-order chi connectivity index (χ1) is 13.1. The van der Waals surface area contributed by atoms with Gasteiger partial charge >= 0.3 is 12.1 Å². The summed E-state index contributed by atoms with van der Waals surface area (Å²) in [6.07, 6.45) is 1.02. The second-order valence-corrected chi connectivity index (χ2v) is 8.08. The summed E-state index contributed by atoms with van der Waals surface area (Å²) >= 11 is 0. The molecule has 0 radical (unpaired) electrons. The fourth-order valence-electron chi connectivity index (χ4n) is 3.98. The molecule has 2 heterocycles. The van der Waals surface area contributed by atoms with Gasteiger partial charge in [-0.3, -0.25) is 15.0 Å². The van der Waals surface area contributed by atoms with E-state index >= 15 is 0 Å². The van der Waals surface area contributed by atoms with Gasteiger partial charge in [-0.15, -0.1) is 0 Å². The van der Waals surface area contributed by atoms with Crippen LogP contribution in [0.2, 0.25) is 0 Å². The number of nitrogens with one attached hydrogen (secondary N) is 1. The molecule has 3 rings (SSSR count). The molecule has 2 saturated heterocycles. The van der Waals surface area contributed by atoms with Crippen LogP contribution in [0.15, 0.2) is 18.2 Å². The molecule has 3 atom stereocenters.